The van der Waals surface area contributed by atoms with Crippen LogP contribution in [0.1, 0.15) is 40.5 Å². The third-order valence-corrected chi connectivity index (χ3v) is 4.96. The van der Waals surface area contributed by atoms with E-state index in [1.54, 1.807) is 18.4 Å². The van der Waals surface area contributed by atoms with Gasteiger partial charge in [0.05, 0.1) is 11.2 Å². The van der Waals surface area contributed by atoms with Gasteiger partial charge in [0, 0.05) is 31.2 Å². The van der Waals surface area contributed by atoms with Crippen molar-refractivity contribution >= 4 is 17.2 Å². The van der Waals surface area contributed by atoms with Gasteiger partial charge in [0.1, 0.15) is 11.5 Å². The Morgan fingerprint density at radius 2 is 2.29 bits per heavy atom. The van der Waals surface area contributed by atoms with Crippen LogP contribution >= 0.6 is 11.3 Å². The molecule has 3 heterocycles. The maximum atomic E-state index is 11.8. The maximum Gasteiger partial charge on any atom is 0.269 e. The molecule has 0 spiro atoms. The topological polar surface area (TPSA) is 71.0 Å². The van der Waals surface area contributed by atoms with Crippen molar-refractivity contribution in [2.75, 3.05) is 20.1 Å². The lowest BCUT2D eigenvalue weighted by Crippen LogP contribution is -2.36. The highest BCUT2D eigenvalue weighted by Gasteiger charge is 2.22. The van der Waals surface area contributed by atoms with E-state index in [0.29, 0.717) is 17.4 Å². The molecule has 3 rings (SSSR count). The molecule has 0 saturated carbocycles. The molecule has 1 aliphatic rings. The smallest absolute Gasteiger partial charge is 0.269 e. The van der Waals surface area contributed by atoms with E-state index in [0.717, 1.165) is 37.4 Å². The first kappa shape index (κ1) is 17.0. The van der Waals surface area contributed by atoms with Crippen LogP contribution in [0.5, 0.6) is 0 Å². The van der Waals surface area contributed by atoms with E-state index >= 15 is 0 Å². The van der Waals surface area contributed by atoms with Crippen LogP contribution < -0.4 is 5.32 Å². The molecule has 2 aromatic heterocycles. The van der Waals surface area contributed by atoms with E-state index in [2.05, 4.69) is 30.5 Å². The fourth-order valence-corrected chi connectivity index (χ4v) is 3.83. The Labute approximate surface area is 146 Å². The quantitative estimate of drug-likeness (QED) is 0.898. The summed E-state index contributed by atoms with van der Waals surface area (Å²) in [6.07, 6.45) is 3.29. The Morgan fingerprint density at radius 3 is 3.04 bits per heavy atom. The van der Waals surface area contributed by atoms with Gasteiger partial charge in [0.25, 0.3) is 5.91 Å². The highest BCUT2D eigenvalue weighted by atomic mass is 32.1. The average Bonchev–Trinajstić information content (AvgIpc) is 3.07. The second-order valence-corrected chi connectivity index (χ2v) is 7.02. The predicted octanol–water partition coefficient (Wildman–Crippen LogP) is 2.06. The second-order valence-electron chi connectivity index (χ2n) is 6.30. The fourth-order valence-electron chi connectivity index (χ4n) is 3.28. The number of nitrogens with zero attached hydrogens (tertiary/aromatic N) is 4. The number of amides is 1. The molecule has 2 aromatic rings. The minimum Gasteiger partial charge on any atom is -0.354 e. The number of thiazole rings is 1. The van der Waals surface area contributed by atoms with Gasteiger partial charge >= 0.3 is 0 Å². The number of likely N-dealkylation sites (tertiary alicyclic amines) is 1. The van der Waals surface area contributed by atoms with E-state index in [-0.39, 0.29) is 5.91 Å². The van der Waals surface area contributed by atoms with E-state index in [9.17, 15) is 4.79 Å². The first-order valence-electron chi connectivity index (χ1n) is 8.30. The van der Waals surface area contributed by atoms with Crippen molar-refractivity contribution in [3.63, 3.8) is 0 Å². The Balaban J connectivity index is 1.64. The van der Waals surface area contributed by atoms with Gasteiger partial charge in [-0.2, -0.15) is 0 Å². The molecule has 0 radical (unpaired) electrons. The van der Waals surface area contributed by atoms with Crippen LogP contribution in [0, 0.1) is 12.8 Å². The van der Waals surface area contributed by atoms with Gasteiger partial charge in [-0.1, -0.05) is 0 Å². The van der Waals surface area contributed by atoms with Crippen LogP contribution in [0.2, 0.25) is 0 Å². The number of hydrogen-bond acceptors (Lipinski definition) is 6. The Kier molecular flexibility index (Phi) is 5.52. The molecule has 1 N–H and O–H groups in total. The van der Waals surface area contributed by atoms with Gasteiger partial charge in [-0.25, -0.2) is 15.0 Å². The number of nitrogens with one attached hydrogen (secondary N) is 1. The lowest BCUT2D eigenvalue weighted by molar-refractivity contribution is 0.0957. The number of aryl methyl sites for hydroxylation is 1. The molecular formula is C17H23N5OS. The molecule has 1 fully saturated rings. The first-order valence-corrected chi connectivity index (χ1v) is 9.24. The van der Waals surface area contributed by atoms with Crippen LogP contribution in [0.15, 0.2) is 17.0 Å². The number of piperidine rings is 1. The zero-order valence-corrected chi connectivity index (χ0v) is 15.0. The first-order chi connectivity index (χ1) is 11.6. The van der Waals surface area contributed by atoms with Gasteiger partial charge in [0.15, 0.2) is 0 Å². The third kappa shape index (κ3) is 4.36. The lowest BCUT2D eigenvalue weighted by Gasteiger charge is -2.32. The van der Waals surface area contributed by atoms with Crippen molar-refractivity contribution in [3.05, 3.63) is 39.9 Å². The molecule has 128 valence electrons. The Hall–Kier alpha value is -1.86. The number of hydrogen-bond donors (Lipinski definition) is 1. The molecule has 1 unspecified atom stereocenters. The van der Waals surface area contributed by atoms with Gasteiger partial charge in [-0.05, 0) is 44.7 Å². The molecule has 1 atom stereocenters. The second kappa shape index (κ2) is 7.81. The molecule has 0 bridgehead atoms. The van der Waals surface area contributed by atoms with Crippen molar-refractivity contribution < 1.29 is 4.79 Å². The van der Waals surface area contributed by atoms with Gasteiger partial charge in [-0.15, -0.1) is 11.3 Å². The minimum absolute atomic E-state index is 0.157. The number of aromatic nitrogens is 3. The van der Waals surface area contributed by atoms with Crippen LogP contribution in [0.3, 0.4) is 0 Å². The number of carbonyl (C=O) groups excluding carboxylic acids is 1. The highest BCUT2D eigenvalue weighted by Crippen LogP contribution is 2.22. The zero-order valence-electron chi connectivity index (χ0n) is 14.2. The van der Waals surface area contributed by atoms with E-state index in [1.807, 2.05) is 18.5 Å². The summed E-state index contributed by atoms with van der Waals surface area (Å²) in [4.78, 5) is 27.4. The summed E-state index contributed by atoms with van der Waals surface area (Å²) < 4.78 is 0. The van der Waals surface area contributed by atoms with Crippen molar-refractivity contribution in [3.8, 4) is 0 Å². The molecule has 24 heavy (non-hydrogen) atoms. The van der Waals surface area contributed by atoms with Crippen LogP contribution in [0.4, 0.5) is 0 Å². The van der Waals surface area contributed by atoms with Crippen LogP contribution in [-0.2, 0) is 13.0 Å². The summed E-state index contributed by atoms with van der Waals surface area (Å²) >= 11 is 1.65. The number of rotatable bonds is 5. The monoisotopic (exact) mass is 345 g/mol. The summed E-state index contributed by atoms with van der Waals surface area (Å²) in [6.45, 7) is 4.94. The fraction of sp³-hybridized carbons (Fsp3) is 0.529. The van der Waals surface area contributed by atoms with Gasteiger partial charge in [0.2, 0.25) is 0 Å². The Morgan fingerprint density at radius 1 is 1.42 bits per heavy atom. The summed E-state index contributed by atoms with van der Waals surface area (Å²) in [6, 6.07) is 1.82. The highest BCUT2D eigenvalue weighted by molar-refractivity contribution is 7.07. The SMILES string of the molecule is CNC(=O)c1cc(CC2CCCN(Cc3cscn3)C2)nc(C)n1. The van der Waals surface area contributed by atoms with E-state index < -0.39 is 0 Å². The van der Waals surface area contributed by atoms with E-state index in [4.69, 9.17) is 0 Å². The zero-order chi connectivity index (χ0) is 16.9. The normalized spacial score (nSPS) is 18.5. The third-order valence-electron chi connectivity index (χ3n) is 4.32. The molecule has 0 aliphatic carbocycles. The average molecular weight is 345 g/mol. The molecule has 6 nitrogen and oxygen atoms in total. The van der Waals surface area contributed by atoms with Crippen molar-refractivity contribution in [1.29, 1.82) is 0 Å². The van der Waals surface area contributed by atoms with E-state index in [1.165, 1.54) is 12.8 Å². The lowest BCUT2D eigenvalue weighted by atomic mass is 9.93. The Bertz CT molecular complexity index is 688. The predicted molar refractivity (Wildman–Crippen MR) is 94.0 cm³/mol. The van der Waals surface area contributed by atoms with Gasteiger partial charge < -0.3 is 5.32 Å². The summed E-state index contributed by atoms with van der Waals surface area (Å²) in [7, 11) is 1.62. The van der Waals surface area contributed by atoms with Crippen molar-refractivity contribution in [1.82, 2.24) is 25.2 Å². The standard InChI is InChI=1S/C17H23N5OS/c1-12-20-14(7-16(21-12)17(23)18-2)6-13-4-3-5-22(8-13)9-15-10-24-11-19-15/h7,10-11,13H,3-6,8-9H2,1-2H3,(H,18,23). The molecular weight excluding hydrogens is 322 g/mol. The molecule has 1 amide bonds. The van der Waals surface area contributed by atoms with Crippen LogP contribution in [-0.4, -0.2) is 45.9 Å². The summed E-state index contributed by atoms with van der Waals surface area (Å²) in [5, 5.41) is 4.75. The van der Waals surface area contributed by atoms with Crippen molar-refractivity contribution in [2.45, 2.75) is 32.7 Å². The molecule has 7 heteroatoms. The summed E-state index contributed by atoms with van der Waals surface area (Å²) in [5.74, 6) is 1.06. The molecule has 1 aliphatic heterocycles. The van der Waals surface area contributed by atoms with Gasteiger partial charge in [-0.3, -0.25) is 9.69 Å². The minimum atomic E-state index is -0.157. The summed E-state index contributed by atoms with van der Waals surface area (Å²) in [5.41, 5.74) is 4.46. The molecule has 0 aromatic carbocycles. The van der Waals surface area contributed by atoms with Crippen molar-refractivity contribution in [2.24, 2.45) is 5.92 Å². The van der Waals surface area contributed by atoms with Crippen LogP contribution in [0.25, 0.3) is 0 Å². The largest absolute Gasteiger partial charge is 0.354 e. The number of carbonyl (C=O) groups is 1. The molecule has 1 saturated heterocycles. The maximum absolute atomic E-state index is 11.8.